The van der Waals surface area contributed by atoms with Crippen molar-refractivity contribution in [3.8, 4) is 10.6 Å². The first kappa shape index (κ1) is 20.1. The largest absolute Gasteiger partial charge is 0.348 e. The van der Waals surface area contributed by atoms with E-state index >= 15 is 0 Å². The molecule has 156 valence electrons. The van der Waals surface area contributed by atoms with Crippen LogP contribution in [0.2, 0.25) is 0 Å². The summed E-state index contributed by atoms with van der Waals surface area (Å²) >= 11 is 3.33. The first-order valence-electron chi connectivity index (χ1n) is 10.6. The van der Waals surface area contributed by atoms with Crippen LogP contribution >= 0.6 is 22.7 Å². The fourth-order valence-corrected chi connectivity index (χ4v) is 5.98. The van der Waals surface area contributed by atoms with Gasteiger partial charge in [0, 0.05) is 17.4 Å². The summed E-state index contributed by atoms with van der Waals surface area (Å²) in [6.07, 6.45) is 4.13. The Morgan fingerprint density at radius 2 is 1.81 bits per heavy atom. The van der Waals surface area contributed by atoms with Crippen LogP contribution in [0.25, 0.3) is 10.6 Å². The lowest BCUT2D eigenvalue weighted by atomic mass is 9.98. The highest BCUT2D eigenvalue weighted by molar-refractivity contribution is 7.15. The van der Waals surface area contributed by atoms with Crippen molar-refractivity contribution < 1.29 is 4.79 Å². The first-order chi connectivity index (χ1) is 15.2. The molecule has 0 radical (unpaired) electrons. The van der Waals surface area contributed by atoms with Crippen LogP contribution < -0.4 is 5.32 Å². The molecule has 6 heteroatoms. The fourth-order valence-electron chi connectivity index (χ4n) is 3.95. The number of aromatic nitrogens is 2. The number of nitrogens with one attached hydrogen (secondary N) is 1. The maximum atomic E-state index is 12.8. The molecule has 0 saturated heterocycles. The zero-order chi connectivity index (χ0) is 21.0. The topological polar surface area (TPSA) is 54.9 Å². The Labute approximate surface area is 190 Å². The Hall–Kier alpha value is -2.83. The predicted octanol–water partition coefficient (Wildman–Crippen LogP) is 5.59. The molecule has 2 aromatic carbocycles. The summed E-state index contributed by atoms with van der Waals surface area (Å²) in [5.74, 6) is 0.0315. The second kappa shape index (κ2) is 9.12. The number of hydrogen-bond donors (Lipinski definition) is 1. The predicted molar refractivity (Wildman–Crippen MR) is 126 cm³/mol. The number of carbonyl (C=O) groups excluding carboxylic acids is 1. The third kappa shape index (κ3) is 4.75. The van der Waals surface area contributed by atoms with Crippen molar-refractivity contribution in [1.82, 2.24) is 15.3 Å². The molecule has 1 N–H and O–H groups in total. The molecule has 0 unspecified atom stereocenters. The molecule has 31 heavy (non-hydrogen) atoms. The summed E-state index contributed by atoms with van der Waals surface area (Å²) in [6, 6.07) is 20.6. The van der Waals surface area contributed by atoms with E-state index in [0.29, 0.717) is 6.42 Å². The second-order valence-electron chi connectivity index (χ2n) is 7.78. The minimum Gasteiger partial charge on any atom is -0.348 e. The molecule has 1 amide bonds. The van der Waals surface area contributed by atoms with Crippen LogP contribution in [0.5, 0.6) is 0 Å². The second-order valence-corrected chi connectivity index (χ2v) is 9.75. The molecule has 0 spiro atoms. The lowest BCUT2D eigenvalue weighted by molar-refractivity contribution is -0.121. The number of nitrogens with zero attached hydrogens (tertiary/aromatic N) is 2. The van der Waals surface area contributed by atoms with Gasteiger partial charge in [0.1, 0.15) is 5.01 Å². The Morgan fingerprint density at radius 3 is 2.61 bits per heavy atom. The van der Waals surface area contributed by atoms with E-state index in [1.54, 1.807) is 22.7 Å². The molecule has 0 fully saturated rings. The van der Waals surface area contributed by atoms with Gasteiger partial charge in [0.05, 0.1) is 33.7 Å². The minimum atomic E-state index is 0.0315. The van der Waals surface area contributed by atoms with Crippen molar-refractivity contribution in [2.24, 2.45) is 0 Å². The van der Waals surface area contributed by atoms with Gasteiger partial charge in [-0.3, -0.25) is 4.79 Å². The van der Waals surface area contributed by atoms with Crippen molar-refractivity contribution in [2.75, 3.05) is 0 Å². The van der Waals surface area contributed by atoms with Crippen molar-refractivity contribution in [2.45, 2.75) is 38.1 Å². The Kier molecular flexibility index (Phi) is 5.91. The number of carbonyl (C=O) groups is 1. The molecule has 1 atom stereocenters. The van der Waals surface area contributed by atoms with E-state index in [0.717, 1.165) is 52.6 Å². The molecule has 0 saturated carbocycles. The highest BCUT2D eigenvalue weighted by Crippen LogP contribution is 2.37. The van der Waals surface area contributed by atoms with E-state index in [4.69, 9.17) is 4.98 Å². The molecule has 2 aromatic heterocycles. The van der Waals surface area contributed by atoms with Gasteiger partial charge in [-0.2, -0.15) is 0 Å². The average Bonchev–Trinajstić information content (AvgIpc) is 3.42. The monoisotopic (exact) mass is 445 g/mol. The number of fused-ring (bicyclic) bond motifs is 1. The molecule has 4 nitrogen and oxygen atoms in total. The Bertz CT molecular complexity index is 1170. The maximum absolute atomic E-state index is 12.8. The zero-order valence-corrected chi connectivity index (χ0v) is 18.7. The van der Waals surface area contributed by atoms with Crippen molar-refractivity contribution in [1.29, 1.82) is 0 Å². The smallest absolute Gasteiger partial charge is 0.226 e. The van der Waals surface area contributed by atoms with Crippen LogP contribution in [-0.4, -0.2) is 15.9 Å². The number of thiazole rings is 2. The highest BCUT2D eigenvalue weighted by Gasteiger charge is 2.26. The van der Waals surface area contributed by atoms with Crippen LogP contribution in [0, 0.1) is 0 Å². The van der Waals surface area contributed by atoms with Gasteiger partial charge in [-0.1, -0.05) is 60.7 Å². The van der Waals surface area contributed by atoms with Crippen LogP contribution in [0.4, 0.5) is 0 Å². The molecule has 1 aliphatic carbocycles. The first-order valence-corrected chi connectivity index (χ1v) is 12.3. The summed E-state index contributed by atoms with van der Waals surface area (Å²) in [7, 11) is 0. The number of rotatable bonds is 6. The van der Waals surface area contributed by atoms with Crippen molar-refractivity contribution >= 4 is 28.6 Å². The van der Waals surface area contributed by atoms with Crippen molar-refractivity contribution in [3.05, 3.63) is 92.9 Å². The summed E-state index contributed by atoms with van der Waals surface area (Å²) in [4.78, 5) is 23.5. The third-order valence-electron chi connectivity index (χ3n) is 5.45. The molecular formula is C25H23N3OS2. The van der Waals surface area contributed by atoms with Gasteiger partial charge in [0.25, 0.3) is 0 Å². The molecule has 2 heterocycles. The standard InChI is InChI=1S/C25H23N3OS2/c29-22(15-19-16-30-23(26-19)14-17-8-3-1-4-9-17)27-20-12-7-13-21-24(20)31-25(28-21)18-10-5-2-6-11-18/h1-6,8-11,16,20H,7,12-15H2,(H,27,29)/t20-/m1/s1. The van der Waals surface area contributed by atoms with E-state index in [1.165, 1.54) is 10.4 Å². The Balaban J connectivity index is 1.24. The van der Waals surface area contributed by atoms with E-state index < -0.39 is 0 Å². The van der Waals surface area contributed by atoms with Gasteiger partial charge in [-0.25, -0.2) is 9.97 Å². The molecule has 0 bridgehead atoms. The quantitative estimate of drug-likeness (QED) is 0.421. The number of benzene rings is 2. The van der Waals surface area contributed by atoms with Crippen LogP contribution in [0.3, 0.4) is 0 Å². The summed E-state index contributed by atoms with van der Waals surface area (Å²) in [5.41, 5.74) is 4.36. The molecule has 4 aromatic rings. The fraction of sp³-hybridized carbons (Fsp3) is 0.240. The van der Waals surface area contributed by atoms with Crippen molar-refractivity contribution in [3.63, 3.8) is 0 Å². The van der Waals surface area contributed by atoms with Crippen LogP contribution in [0.1, 0.15) is 45.7 Å². The minimum absolute atomic E-state index is 0.0315. The lowest BCUT2D eigenvalue weighted by Gasteiger charge is -2.22. The SMILES string of the molecule is O=C(Cc1csc(Cc2ccccc2)n1)N[C@@H]1CCCc2nc(-c3ccccc3)sc21. The average molecular weight is 446 g/mol. The summed E-state index contributed by atoms with van der Waals surface area (Å²) in [5, 5.41) is 7.33. The van der Waals surface area contributed by atoms with Gasteiger partial charge in [0.15, 0.2) is 0 Å². The van der Waals surface area contributed by atoms with E-state index in [2.05, 4.69) is 34.6 Å². The van der Waals surface area contributed by atoms with E-state index in [1.807, 2.05) is 41.8 Å². The van der Waals surface area contributed by atoms with Gasteiger partial charge in [0.2, 0.25) is 5.91 Å². The Morgan fingerprint density at radius 1 is 1.03 bits per heavy atom. The molecular weight excluding hydrogens is 422 g/mol. The number of amides is 1. The molecule has 1 aliphatic rings. The van der Waals surface area contributed by atoms with Crippen LogP contribution in [0.15, 0.2) is 66.0 Å². The van der Waals surface area contributed by atoms with Gasteiger partial charge >= 0.3 is 0 Å². The lowest BCUT2D eigenvalue weighted by Crippen LogP contribution is -2.31. The number of hydrogen-bond acceptors (Lipinski definition) is 5. The zero-order valence-electron chi connectivity index (χ0n) is 17.1. The van der Waals surface area contributed by atoms with Gasteiger partial charge in [-0.15, -0.1) is 22.7 Å². The normalized spacial score (nSPS) is 15.4. The maximum Gasteiger partial charge on any atom is 0.226 e. The summed E-state index contributed by atoms with van der Waals surface area (Å²) < 4.78 is 0. The molecule has 5 rings (SSSR count). The highest BCUT2D eigenvalue weighted by atomic mass is 32.1. The van der Waals surface area contributed by atoms with E-state index in [9.17, 15) is 4.79 Å². The van der Waals surface area contributed by atoms with E-state index in [-0.39, 0.29) is 11.9 Å². The van der Waals surface area contributed by atoms with Gasteiger partial charge < -0.3 is 5.32 Å². The third-order valence-corrected chi connectivity index (χ3v) is 7.60. The molecule has 0 aliphatic heterocycles. The van der Waals surface area contributed by atoms with Gasteiger partial charge in [-0.05, 0) is 24.8 Å². The number of aryl methyl sites for hydroxylation is 1. The summed E-state index contributed by atoms with van der Waals surface area (Å²) in [6.45, 7) is 0. The van der Waals surface area contributed by atoms with Crippen LogP contribution in [-0.2, 0) is 24.1 Å².